The molecule has 0 unspecified atom stereocenters. The van der Waals surface area contributed by atoms with Crippen molar-refractivity contribution >= 4 is 18.6 Å². The maximum Gasteiger partial charge on any atom is 0.673 e. The van der Waals surface area contributed by atoms with E-state index in [1.54, 1.807) is 0 Å². The molecule has 0 spiro atoms. The number of hydrogen-bond acceptors (Lipinski definition) is 4. The maximum atomic E-state index is 10.3. The van der Waals surface area contributed by atoms with Gasteiger partial charge in [0.05, 0.1) is 4.92 Å². The molecule has 0 aliphatic rings. The zero-order chi connectivity index (χ0) is 13.6. The first-order chi connectivity index (χ1) is 7.66. The van der Waals surface area contributed by atoms with Crippen LogP contribution in [-0.4, -0.2) is 17.3 Å². The standard InChI is InChI=1S/C6H3N3O3.BF4/c7-8-6-4(9(11)12)2-1-3-5(6)10;2-1(3,4)5/h1-3H;/q;-1/p+1. The number of diazo groups is 1. The fraction of sp³-hybridized carbons (Fsp3) is 0. The summed E-state index contributed by atoms with van der Waals surface area (Å²) < 4.78 is 39.0. The molecule has 0 fully saturated rings. The highest BCUT2D eigenvalue weighted by atomic mass is 19.5. The van der Waals surface area contributed by atoms with Gasteiger partial charge < -0.3 is 22.4 Å². The molecule has 1 aromatic rings. The molecule has 6 nitrogen and oxygen atoms in total. The molecule has 92 valence electrons. The molecule has 0 heterocycles. The number of rotatable bonds is 1. The van der Waals surface area contributed by atoms with Crippen LogP contribution < -0.4 is 0 Å². The molecule has 0 saturated heterocycles. The smallest absolute Gasteiger partial charge is 0.501 e. The van der Waals surface area contributed by atoms with Crippen LogP contribution in [0.25, 0.3) is 4.98 Å². The van der Waals surface area contributed by atoms with Crippen molar-refractivity contribution in [3.63, 3.8) is 0 Å². The number of benzene rings is 1. The highest BCUT2D eigenvalue weighted by Gasteiger charge is 2.28. The van der Waals surface area contributed by atoms with Crippen LogP contribution in [0.15, 0.2) is 18.2 Å². The highest BCUT2D eigenvalue weighted by Crippen LogP contribution is 2.35. The average Bonchev–Trinajstić information content (AvgIpc) is 2.14. The lowest BCUT2D eigenvalue weighted by Gasteiger charge is -1.94. The predicted molar refractivity (Wildman–Crippen MR) is 49.7 cm³/mol. The van der Waals surface area contributed by atoms with Crippen molar-refractivity contribution < 1.29 is 27.3 Å². The first-order valence-corrected chi connectivity index (χ1v) is 3.85. The normalized spacial score (nSPS) is 9.82. The first kappa shape index (κ1) is 14.6. The van der Waals surface area contributed by atoms with Crippen molar-refractivity contribution in [1.29, 1.82) is 5.39 Å². The molecule has 0 saturated carbocycles. The van der Waals surface area contributed by atoms with Crippen LogP contribution in [0.4, 0.5) is 28.6 Å². The van der Waals surface area contributed by atoms with E-state index in [1.807, 2.05) is 0 Å². The van der Waals surface area contributed by atoms with Gasteiger partial charge in [-0.3, -0.25) is 10.1 Å². The number of nitro groups is 1. The van der Waals surface area contributed by atoms with E-state index in [2.05, 4.69) is 4.98 Å². The molecule has 1 aromatic carbocycles. The minimum atomic E-state index is -6.00. The average molecular weight is 253 g/mol. The zero-order valence-corrected chi connectivity index (χ0v) is 7.93. The van der Waals surface area contributed by atoms with E-state index < -0.39 is 29.3 Å². The number of halogens is 4. The highest BCUT2D eigenvalue weighted by molar-refractivity contribution is 6.50. The maximum absolute atomic E-state index is 10.3. The molecular formula is C6H4BF4N3O3. The second-order valence-corrected chi connectivity index (χ2v) is 2.50. The van der Waals surface area contributed by atoms with Crippen LogP contribution in [0.5, 0.6) is 5.75 Å². The van der Waals surface area contributed by atoms with Gasteiger partial charge in [0.25, 0.3) is 0 Å². The lowest BCUT2D eigenvalue weighted by atomic mass is 10.2. The summed E-state index contributed by atoms with van der Waals surface area (Å²) in [6, 6.07) is 3.62. The number of nitro benzene ring substituents is 1. The monoisotopic (exact) mass is 253 g/mol. The van der Waals surface area contributed by atoms with E-state index in [4.69, 9.17) is 10.5 Å². The van der Waals surface area contributed by atoms with Crippen LogP contribution in [-0.2, 0) is 0 Å². The number of hydrogen-bond donors (Lipinski definition) is 1. The Labute approximate surface area is 91.4 Å². The van der Waals surface area contributed by atoms with E-state index in [0.717, 1.165) is 6.07 Å². The lowest BCUT2D eigenvalue weighted by molar-refractivity contribution is -0.383. The Balaban J connectivity index is 0.000000437. The molecule has 11 heteroatoms. The van der Waals surface area contributed by atoms with Crippen LogP contribution in [0.3, 0.4) is 0 Å². The molecule has 1 N–H and O–H groups in total. The van der Waals surface area contributed by atoms with E-state index in [-0.39, 0.29) is 0 Å². The number of nitrogens with zero attached hydrogens (tertiary/aromatic N) is 3. The fourth-order valence-corrected chi connectivity index (χ4v) is 0.769. The summed E-state index contributed by atoms with van der Waals surface area (Å²) in [6.07, 6.45) is 0. The number of phenols is 1. The van der Waals surface area contributed by atoms with E-state index in [9.17, 15) is 27.4 Å². The van der Waals surface area contributed by atoms with Crippen molar-refractivity contribution in [3.8, 4) is 5.75 Å². The molecule has 0 radical (unpaired) electrons. The molecule has 17 heavy (non-hydrogen) atoms. The molecular weight excluding hydrogens is 249 g/mol. The molecule has 0 aliphatic carbocycles. The summed E-state index contributed by atoms with van der Waals surface area (Å²) >= 11 is 0. The Bertz CT molecular complexity index is 453. The van der Waals surface area contributed by atoms with Gasteiger partial charge in [-0.2, -0.15) is 0 Å². The van der Waals surface area contributed by atoms with E-state index >= 15 is 0 Å². The summed E-state index contributed by atoms with van der Waals surface area (Å²) in [5.74, 6) is -0.424. The molecule has 0 aliphatic heterocycles. The van der Waals surface area contributed by atoms with Crippen molar-refractivity contribution in [3.05, 3.63) is 33.3 Å². The van der Waals surface area contributed by atoms with Gasteiger partial charge in [-0.25, -0.2) is 0 Å². The Hall–Kier alpha value is -2.38. The molecule has 0 aromatic heterocycles. The topological polar surface area (TPSA) is 91.5 Å². The second-order valence-electron chi connectivity index (χ2n) is 2.50. The van der Waals surface area contributed by atoms with Crippen LogP contribution in [0, 0.1) is 15.5 Å². The molecule has 1 rings (SSSR count). The Kier molecular flexibility index (Phi) is 4.85. The minimum Gasteiger partial charge on any atom is -0.501 e. The molecule has 0 atom stereocenters. The molecule has 0 amide bonds. The van der Waals surface area contributed by atoms with Crippen LogP contribution in [0.2, 0.25) is 0 Å². The van der Waals surface area contributed by atoms with E-state index in [0.29, 0.717) is 0 Å². The van der Waals surface area contributed by atoms with Gasteiger partial charge in [0.15, 0.2) is 4.98 Å². The second kappa shape index (κ2) is 5.64. The summed E-state index contributed by atoms with van der Waals surface area (Å²) in [5, 5.41) is 27.5. The third-order valence-corrected chi connectivity index (χ3v) is 1.29. The number of aromatic hydroxyl groups is 1. The van der Waals surface area contributed by atoms with Gasteiger partial charge in [0, 0.05) is 6.07 Å². The van der Waals surface area contributed by atoms with Gasteiger partial charge in [0.2, 0.25) is 11.1 Å². The van der Waals surface area contributed by atoms with Gasteiger partial charge in [-0.15, -0.1) is 0 Å². The lowest BCUT2D eigenvalue weighted by Crippen LogP contribution is -2.02. The molecule has 0 bridgehead atoms. The summed E-state index contributed by atoms with van der Waals surface area (Å²) in [6.45, 7) is 0. The third-order valence-electron chi connectivity index (χ3n) is 1.29. The van der Waals surface area contributed by atoms with Crippen molar-refractivity contribution in [2.45, 2.75) is 0 Å². The summed E-state index contributed by atoms with van der Waals surface area (Å²) in [7, 11) is -6.00. The Morgan fingerprint density at radius 3 is 2.12 bits per heavy atom. The van der Waals surface area contributed by atoms with Crippen LogP contribution in [0.1, 0.15) is 0 Å². The van der Waals surface area contributed by atoms with Gasteiger partial charge in [-0.1, -0.05) is 6.07 Å². The van der Waals surface area contributed by atoms with Crippen molar-refractivity contribution in [2.75, 3.05) is 0 Å². The van der Waals surface area contributed by atoms with Crippen molar-refractivity contribution in [2.24, 2.45) is 0 Å². The summed E-state index contributed by atoms with van der Waals surface area (Å²) in [4.78, 5) is 12.1. The van der Waals surface area contributed by atoms with Crippen LogP contribution >= 0.6 is 0 Å². The van der Waals surface area contributed by atoms with E-state index in [1.165, 1.54) is 12.1 Å². The predicted octanol–water partition coefficient (Wildman–Crippen LogP) is 3.08. The Morgan fingerprint density at radius 2 is 1.82 bits per heavy atom. The Morgan fingerprint density at radius 1 is 1.35 bits per heavy atom. The zero-order valence-electron chi connectivity index (χ0n) is 7.93. The first-order valence-electron chi connectivity index (χ1n) is 3.85. The van der Waals surface area contributed by atoms with Gasteiger partial charge in [-0.05, 0) is 6.07 Å². The fourth-order valence-electron chi connectivity index (χ4n) is 0.769. The van der Waals surface area contributed by atoms with Crippen molar-refractivity contribution in [1.82, 2.24) is 0 Å². The van der Waals surface area contributed by atoms with Gasteiger partial charge >= 0.3 is 18.6 Å². The third kappa shape index (κ3) is 5.93. The van der Waals surface area contributed by atoms with Gasteiger partial charge in [0.1, 0.15) is 0 Å². The number of phenolic OH excluding ortho intramolecular Hbond substituents is 1. The minimum absolute atomic E-state index is 0.424. The quantitative estimate of drug-likeness (QED) is 0.273. The summed E-state index contributed by atoms with van der Waals surface area (Å²) in [5.41, 5.74) is -0.861. The largest absolute Gasteiger partial charge is 0.673 e. The SMILES string of the molecule is F[B-](F)(F)F.N#[N+]c1c(O)cccc1[N+](=O)[O-].